The average molecular weight is 300 g/mol. The summed E-state index contributed by atoms with van der Waals surface area (Å²) in [5.41, 5.74) is 0.489. The summed E-state index contributed by atoms with van der Waals surface area (Å²) in [4.78, 5) is 12.0. The van der Waals surface area contributed by atoms with E-state index >= 15 is 0 Å². The summed E-state index contributed by atoms with van der Waals surface area (Å²) >= 11 is 3.29. The summed E-state index contributed by atoms with van der Waals surface area (Å²) in [7, 11) is 0. The Morgan fingerprint density at radius 2 is 2.12 bits per heavy atom. The lowest BCUT2D eigenvalue weighted by molar-refractivity contribution is -0.122. The molecule has 0 radical (unpaired) electrons. The molecule has 0 amide bonds. The van der Waals surface area contributed by atoms with Crippen LogP contribution in [0.3, 0.4) is 0 Å². The fourth-order valence-electron chi connectivity index (χ4n) is 2.15. The highest BCUT2D eigenvalue weighted by Gasteiger charge is 2.21. The van der Waals surface area contributed by atoms with Crippen molar-refractivity contribution in [3.05, 3.63) is 34.1 Å². The van der Waals surface area contributed by atoms with Crippen LogP contribution in [-0.2, 0) is 11.2 Å². The topological polar surface area (TPSA) is 29.1 Å². The zero-order chi connectivity index (χ0) is 12.3. The van der Waals surface area contributed by atoms with Crippen molar-refractivity contribution in [3.8, 4) is 0 Å². The predicted molar refractivity (Wildman–Crippen MR) is 68.4 cm³/mol. The van der Waals surface area contributed by atoms with Crippen LogP contribution in [-0.4, -0.2) is 18.9 Å². The van der Waals surface area contributed by atoms with Gasteiger partial charge in [0.05, 0.1) is 0 Å². The fourth-order valence-corrected chi connectivity index (χ4v) is 2.56. The molecule has 1 saturated heterocycles. The number of carbonyl (C=O) groups excluding carboxylic acids is 1. The third-order valence-electron chi connectivity index (χ3n) is 3.17. The molecule has 0 spiro atoms. The molecule has 1 heterocycles. The van der Waals surface area contributed by atoms with Gasteiger partial charge < -0.3 is 5.32 Å². The van der Waals surface area contributed by atoms with E-state index in [0.717, 1.165) is 30.4 Å². The minimum absolute atomic E-state index is 0.0923. The van der Waals surface area contributed by atoms with E-state index in [1.807, 2.05) is 0 Å². The molecule has 0 atom stereocenters. The number of halogens is 2. The maximum Gasteiger partial charge on any atom is 0.140 e. The van der Waals surface area contributed by atoms with E-state index in [1.165, 1.54) is 6.07 Å². The normalized spacial score (nSPS) is 17.1. The Labute approximate surface area is 109 Å². The predicted octanol–water partition coefficient (Wildman–Crippen LogP) is 2.70. The molecule has 0 saturated carbocycles. The van der Waals surface area contributed by atoms with Crippen molar-refractivity contribution in [1.82, 2.24) is 5.32 Å². The third kappa shape index (κ3) is 3.36. The summed E-state index contributed by atoms with van der Waals surface area (Å²) in [5, 5.41) is 3.22. The largest absolute Gasteiger partial charge is 0.317 e. The Morgan fingerprint density at radius 1 is 1.41 bits per heavy atom. The van der Waals surface area contributed by atoms with Gasteiger partial charge in [-0.15, -0.1) is 0 Å². The van der Waals surface area contributed by atoms with Crippen molar-refractivity contribution < 1.29 is 9.18 Å². The SMILES string of the molecule is O=C(Cc1cc(Br)ccc1F)C1CCNCC1. The van der Waals surface area contributed by atoms with Gasteiger partial charge in [0, 0.05) is 16.8 Å². The van der Waals surface area contributed by atoms with Gasteiger partial charge in [0.15, 0.2) is 0 Å². The number of Topliss-reactive ketones (excluding diaryl/α,β-unsaturated/α-hetero) is 1. The molecule has 2 nitrogen and oxygen atoms in total. The highest BCUT2D eigenvalue weighted by Crippen LogP contribution is 2.20. The molecular formula is C13H15BrFNO. The van der Waals surface area contributed by atoms with Crippen molar-refractivity contribution in [2.45, 2.75) is 19.3 Å². The van der Waals surface area contributed by atoms with E-state index in [0.29, 0.717) is 5.56 Å². The van der Waals surface area contributed by atoms with Gasteiger partial charge in [-0.05, 0) is 49.7 Å². The summed E-state index contributed by atoms with van der Waals surface area (Å²) in [5.74, 6) is -0.0476. The standard InChI is InChI=1S/C13H15BrFNO/c14-11-1-2-12(15)10(7-11)8-13(17)9-3-5-16-6-4-9/h1-2,7,9,16H,3-6,8H2. The van der Waals surface area contributed by atoms with Gasteiger partial charge in [-0.1, -0.05) is 15.9 Å². The van der Waals surface area contributed by atoms with Gasteiger partial charge >= 0.3 is 0 Å². The van der Waals surface area contributed by atoms with E-state index < -0.39 is 0 Å². The highest BCUT2D eigenvalue weighted by molar-refractivity contribution is 9.10. The van der Waals surface area contributed by atoms with Crippen molar-refractivity contribution in [1.29, 1.82) is 0 Å². The molecule has 1 aliphatic heterocycles. The summed E-state index contributed by atoms with van der Waals surface area (Å²) in [6, 6.07) is 4.73. The molecule has 1 N–H and O–H groups in total. The highest BCUT2D eigenvalue weighted by atomic mass is 79.9. The number of piperidine rings is 1. The fraction of sp³-hybridized carbons (Fsp3) is 0.462. The second-order valence-corrected chi connectivity index (χ2v) is 5.32. The minimum Gasteiger partial charge on any atom is -0.317 e. The van der Waals surface area contributed by atoms with Crippen LogP contribution in [0.5, 0.6) is 0 Å². The van der Waals surface area contributed by atoms with Crippen LogP contribution in [0.25, 0.3) is 0 Å². The molecule has 1 aliphatic rings. The molecule has 0 aliphatic carbocycles. The van der Waals surface area contributed by atoms with Crippen molar-refractivity contribution in [2.75, 3.05) is 13.1 Å². The number of hydrogen-bond donors (Lipinski definition) is 1. The first-order valence-corrected chi connectivity index (χ1v) is 6.63. The average Bonchev–Trinajstić information content (AvgIpc) is 2.35. The monoisotopic (exact) mass is 299 g/mol. The number of ketones is 1. The number of hydrogen-bond acceptors (Lipinski definition) is 2. The first-order chi connectivity index (χ1) is 8.16. The summed E-state index contributed by atoms with van der Waals surface area (Å²) in [6.07, 6.45) is 1.94. The van der Waals surface area contributed by atoms with Crippen LogP contribution in [0.2, 0.25) is 0 Å². The lowest BCUT2D eigenvalue weighted by Gasteiger charge is -2.21. The van der Waals surface area contributed by atoms with Crippen molar-refractivity contribution in [2.24, 2.45) is 5.92 Å². The second-order valence-electron chi connectivity index (χ2n) is 4.40. The maximum atomic E-state index is 13.5. The van der Waals surface area contributed by atoms with Crippen LogP contribution < -0.4 is 5.32 Å². The number of nitrogens with one attached hydrogen (secondary N) is 1. The molecule has 1 aromatic rings. The summed E-state index contributed by atoms with van der Waals surface area (Å²) < 4.78 is 14.3. The molecule has 0 bridgehead atoms. The van der Waals surface area contributed by atoms with E-state index in [9.17, 15) is 9.18 Å². The number of carbonyl (C=O) groups is 1. The molecule has 1 aromatic carbocycles. The zero-order valence-electron chi connectivity index (χ0n) is 9.51. The molecule has 0 aromatic heterocycles. The van der Waals surface area contributed by atoms with Crippen LogP contribution in [0.1, 0.15) is 18.4 Å². The van der Waals surface area contributed by atoms with Crippen LogP contribution in [0, 0.1) is 11.7 Å². The van der Waals surface area contributed by atoms with Gasteiger partial charge in [0.25, 0.3) is 0 Å². The van der Waals surface area contributed by atoms with E-state index in [4.69, 9.17) is 0 Å². The van der Waals surface area contributed by atoms with Gasteiger partial charge in [0.1, 0.15) is 11.6 Å². The van der Waals surface area contributed by atoms with Crippen molar-refractivity contribution >= 4 is 21.7 Å². The first-order valence-electron chi connectivity index (χ1n) is 5.84. The second kappa shape index (κ2) is 5.74. The smallest absolute Gasteiger partial charge is 0.140 e. The zero-order valence-corrected chi connectivity index (χ0v) is 11.1. The Bertz CT molecular complexity index is 416. The molecule has 92 valence electrons. The molecule has 1 fully saturated rings. The Morgan fingerprint density at radius 3 is 2.82 bits per heavy atom. The van der Waals surface area contributed by atoms with E-state index in [1.54, 1.807) is 12.1 Å². The third-order valence-corrected chi connectivity index (χ3v) is 3.66. The molecule has 17 heavy (non-hydrogen) atoms. The van der Waals surface area contributed by atoms with Crippen molar-refractivity contribution in [3.63, 3.8) is 0 Å². The maximum absolute atomic E-state index is 13.5. The van der Waals surface area contributed by atoms with Crippen LogP contribution >= 0.6 is 15.9 Å². The van der Waals surface area contributed by atoms with Crippen LogP contribution in [0.4, 0.5) is 4.39 Å². The van der Waals surface area contributed by atoms with Gasteiger partial charge in [-0.25, -0.2) is 4.39 Å². The first kappa shape index (κ1) is 12.7. The molecule has 4 heteroatoms. The quantitative estimate of drug-likeness (QED) is 0.930. The number of rotatable bonds is 3. The van der Waals surface area contributed by atoms with Gasteiger partial charge in [-0.2, -0.15) is 0 Å². The van der Waals surface area contributed by atoms with Gasteiger partial charge in [0.2, 0.25) is 0 Å². The van der Waals surface area contributed by atoms with Gasteiger partial charge in [-0.3, -0.25) is 4.79 Å². The van der Waals surface area contributed by atoms with Crippen LogP contribution in [0.15, 0.2) is 22.7 Å². The minimum atomic E-state index is -0.296. The molecule has 2 rings (SSSR count). The Balaban J connectivity index is 2.04. The number of benzene rings is 1. The molecular weight excluding hydrogens is 285 g/mol. The lowest BCUT2D eigenvalue weighted by atomic mass is 9.90. The Kier molecular flexibility index (Phi) is 4.29. The molecule has 0 unspecified atom stereocenters. The summed E-state index contributed by atoms with van der Waals surface area (Å²) in [6.45, 7) is 1.77. The van der Waals surface area contributed by atoms with E-state index in [-0.39, 0.29) is 23.9 Å². The van der Waals surface area contributed by atoms with E-state index in [2.05, 4.69) is 21.2 Å². The lowest BCUT2D eigenvalue weighted by Crippen LogP contribution is -2.32. The Hall–Kier alpha value is -0.740.